The SMILES string of the molecule is [C-]#[N+]C(C#N)C(=C(C#N)C=CC=C1CCC(C=CC=C(C#N)C(=C(C#N)C#N)c2ccc(C(=O)O)cc2)=C1N1CCN(C(=O)OCC)CC1)c1ccc(C(=O)O)cc1. The van der Waals surface area contributed by atoms with Crippen molar-refractivity contribution in [3.63, 3.8) is 0 Å². The first kappa shape index (κ1) is 42.3. The van der Waals surface area contributed by atoms with E-state index >= 15 is 0 Å². The molecule has 286 valence electrons. The Hall–Kier alpha value is -8.43. The third-order valence-corrected chi connectivity index (χ3v) is 9.18. The molecule has 0 bridgehead atoms. The fourth-order valence-electron chi connectivity index (χ4n) is 6.42. The van der Waals surface area contributed by atoms with Gasteiger partial charge >= 0.3 is 24.1 Å². The molecule has 0 radical (unpaired) electrons. The minimum atomic E-state index is -1.33. The lowest BCUT2D eigenvalue weighted by molar-refractivity contribution is 0.0686. The molecule has 4 rings (SSSR count). The lowest BCUT2D eigenvalue weighted by Gasteiger charge is -2.37. The number of nitrogens with zero attached hydrogens (tertiary/aromatic N) is 8. The summed E-state index contributed by atoms with van der Waals surface area (Å²) in [6, 6.07) is 19.4. The van der Waals surface area contributed by atoms with Gasteiger partial charge in [-0.05, 0) is 78.5 Å². The summed E-state index contributed by atoms with van der Waals surface area (Å²) >= 11 is 0. The van der Waals surface area contributed by atoms with Crippen molar-refractivity contribution in [2.24, 2.45) is 0 Å². The molecule has 1 aliphatic heterocycles. The molecule has 1 amide bonds. The molecule has 1 atom stereocenters. The van der Waals surface area contributed by atoms with Crippen LogP contribution < -0.4 is 0 Å². The zero-order valence-electron chi connectivity index (χ0n) is 31.2. The van der Waals surface area contributed by atoms with E-state index in [2.05, 4.69) is 21.9 Å². The summed E-state index contributed by atoms with van der Waals surface area (Å²) in [5.74, 6) is -2.31. The van der Waals surface area contributed by atoms with E-state index < -0.39 is 24.1 Å². The summed E-state index contributed by atoms with van der Waals surface area (Å²) in [7, 11) is 0. The van der Waals surface area contributed by atoms with Crippen molar-refractivity contribution in [2.75, 3.05) is 32.8 Å². The molecule has 2 aromatic carbocycles. The van der Waals surface area contributed by atoms with Gasteiger partial charge in [-0.2, -0.15) is 26.3 Å². The van der Waals surface area contributed by atoms with Gasteiger partial charge in [-0.3, -0.25) is 4.85 Å². The predicted molar refractivity (Wildman–Crippen MR) is 210 cm³/mol. The number of benzene rings is 2. The average molecular weight is 771 g/mol. The third-order valence-electron chi connectivity index (χ3n) is 9.18. The number of carbonyl (C=O) groups excluding carboxylic acids is 1. The van der Waals surface area contributed by atoms with Crippen LogP contribution >= 0.6 is 0 Å². The van der Waals surface area contributed by atoms with Gasteiger partial charge in [0.1, 0.15) is 17.7 Å². The lowest BCUT2D eigenvalue weighted by Crippen LogP contribution is -2.48. The van der Waals surface area contributed by atoms with Crippen molar-refractivity contribution in [3.8, 4) is 30.3 Å². The van der Waals surface area contributed by atoms with Crippen LogP contribution in [0.3, 0.4) is 0 Å². The minimum absolute atomic E-state index is 0.00127. The van der Waals surface area contributed by atoms with Gasteiger partial charge in [0.15, 0.2) is 6.07 Å². The molecular weight excluding hydrogens is 737 g/mol. The first-order valence-corrected chi connectivity index (χ1v) is 17.7. The van der Waals surface area contributed by atoms with Crippen LogP contribution in [0.4, 0.5) is 4.79 Å². The number of carboxylic acid groups (broad SMARTS) is 2. The molecular formula is C44H34N8O6. The van der Waals surface area contributed by atoms with E-state index in [-0.39, 0.29) is 45.6 Å². The number of carboxylic acids is 2. The summed E-state index contributed by atoms with van der Waals surface area (Å²) in [6.07, 6.45) is 10.6. The van der Waals surface area contributed by atoms with Gasteiger partial charge < -0.3 is 24.7 Å². The summed E-state index contributed by atoms with van der Waals surface area (Å²) < 4.78 is 5.18. The second-order valence-corrected chi connectivity index (χ2v) is 12.5. The largest absolute Gasteiger partial charge is 0.478 e. The fraction of sp³-hybridized carbons (Fsp3) is 0.205. The van der Waals surface area contributed by atoms with Crippen LogP contribution in [0.2, 0.25) is 0 Å². The fourth-order valence-corrected chi connectivity index (χ4v) is 6.42. The second kappa shape index (κ2) is 20.3. The molecule has 1 unspecified atom stereocenters. The predicted octanol–water partition coefficient (Wildman–Crippen LogP) is 6.98. The van der Waals surface area contributed by atoms with Crippen LogP contribution in [0, 0.1) is 63.2 Å². The molecule has 2 aliphatic rings. The summed E-state index contributed by atoms with van der Waals surface area (Å²) in [6.45, 7) is 11.3. The average Bonchev–Trinajstić information content (AvgIpc) is 3.65. The van der Waals surface area contributed by atoms with Crippen LogP contribution in [0.1, 0.15) is 51.6 Å². The molecule has 58 heavy (non-hydrogen) atoms. The van der Waals surface area contributed by atoms with E-state index in [1.165, 1.54) is 60.7 Å². The van der Waals surface area contributed by atoms with Crippen LogP contribution in [0.5, 0.6) is 0 Å². The highest BCUT2D eigenvalue weighted by molar-refractivity contribution is 5.92. The molecule has 1 fully saturated rings. The zero-order valence-corrected chi connectivity index (χ0v) is 31.2. The lowest BCUT2D eigenvalue weighted by atomic mass is 9.93. The Labute approximate surface area is 335 Å². The Balaban J connectivity index is 1.79. The number of amides is 1. The number of rotatable bonds is 12. The highest BCUT2D eigenvalue weighted by Gasteiger charge is 2.29. The van der Waals surface area contributed by atoms with Crippen LogP contribution in [0.25, 0.3) is 16.0 Å². The van der Waals surface area contributed by atoms with Gasteiger partial charge in [0.05, 0.1) is 46.6 Å². The van der Waals surface area contributed by atoms with Crippen LogP contribution in [0.15, 0.2) is 119 Å². The molecule has 1 saturated heterocycles. The van der Waals surface area contributed by atoms with Gasteiger partial charge in [-0.15, -0.1) is 0 Å². The summed E-state index contributed by atoms with van der Waals surface area (Å²) in [4.78, 5) is 42.4. The number of hydrogen-bond acceptors (Lipinski definition) is 10. The number of hydrogen-bond donors (Lipinski definition) is 2. The molecule has 2 N–H and O–H groups in total. The summed E-state index contributed by atoms with van der Waals surface area (Å²) in [5.41, 5.74) is 3.17. The van der Waals surface area contributed by atoms with Gasteiger partial charge in [-0.25, -0.2) is 21.0 Å². The van der Waals surface area contributed by atoms with Crippen molar-refractivity contribution in [1.29, 1.82) is 26.3 Å². The maximum absolute atomic E-state index is 12.5. The van der Waals surface area contributed by atoms with E-state index in [4.69, 9.17) is 11.3 Å². The number of carbonyl (C=O) groups is 3. The number of ether oxygens (including phenoxy) is 1. The first-order valence-electron chi connectivity index (χ1n) is 17.7. The van der Waals surface area contributed by atoms with Gasteiger partial charge in [0.2, 0.25) is 0 Å². The van der Waals surface area contributed by atoms with Gasteiger partial charge in [0.25, 0.3) is 0 Å². The number of piperazine rings is 1. The number of nitriles is 5. The van der Waals surface area contributed by atoms with Crippen molar-refractivity contribution in [1.82, 2.24) is 9.80 Å². The first-order chi connectivity index (χ1) is 28.0. The van der Waals surface area contributed by atoms with Crippen molar-refractivity contribution in [3.05, 3.63) is 152 Å². The van der Waals surface area contributed by atoms with Crippen LogP contribution in [-0.4, -0.2) is 76.9 Å². The topological polar surface area (TPSA) is 231 Å². The minimum Gasteiger partial charge on any atom is -0.478 e. The normalized spacial score (nSPS) is 15.6. The molecule has 1 aliphatic carbocycles. The molecule has 14 heteroatoms. The quantitative estimate of drug-likeness (QED) is 0.126. The van der Waals surface area contributed by atoms with Crippen molar-refractivity contribution >= 4 is 29.2 Å². The third kappa shape index (κ3) is 10.0. The van der Waals surface area contributed by atoms with E-state index in [1.54, 1.807) is 24.0 Å². The zero-order chi connectivity index (χ0) is 42.2. The van der Waals surface area contributed by atoms with E-state index in [9.17, 15) is 50.9 Å². The number of allylic oxidation sites excluding steroid dienone is 12. The Morgan fingerprint density at radius 3 is 1.91 bits per heavy atom. The number of aromatic carboxylic acids is 2. The highest BCUT2D eigenvalue weighted by Crippen LogP contribution is 2.36. The van der Waals surface area contributed by atoms with E-state index in [1.807, 2.05) is 30.4 Å². The van der Waals surface area contributed by atoms with Gasteiger partial charge in [0, 0.05) is 37.4 Å². The molecule has 2 aromatic rings. The smallest absolute Gasteiger partial charge is 0.409 e. The highest BCUT2D eigenvalue weighted by atomic mass is 16.6. The summed E-state index contributed by atoms with van der Waals surface area (Å²) in [5, 5.41) is 68.2. The standard InChI is InChI=1S/C44H34N8O6/c1-3-58-44(57)52-22-20-51(21-23-52)41-31(6-4-8-35(24-45)39(37(26-47)27-48)29-10-16-33(17-11-29)42(53)54)14-15-32(41)7-5-9-36(25-46)40(38(28-49)50-2)30-12-18-34(19-13-30)43(55)56/h4-13,16-19,38H,3,14-15,20-23H2,1H3,(H,53,54)(H,55,56). The monoisotopic (exact) mass is 770 g/mol. The Morgan fingerprint density at radius 1 is 0.828 bits per heavy atom. The molecule has 0 saturated carbocycles. The maximum atomic E-state index is 12.5. The molecule has 14 nitrogen and oxygen atoms in total. The maximum Gasteiger partial charge on any atom is 0.409 e. The van der Waals surface area contributed by atoms with E-state index in [0.717, 1.165) is 16.8 Å². The van der Waals surface area contributed by atoms with E-state index in [0.29, 0.717) is 50.1 Å². The Bertz CT molecular complexity index is 2420. The van der Waals surface area contributed by atoms with Crippen molar-refractivity contribution < 1.29 is 29.3 Å². The molecule has 0 aromatic heterocycles. The van der Waals surface area contributed by atoms with Crippen molar-refractivity contribution in [2.45, 2.75) is 25.8 Å². The second-order valence-electron chi connectivity index (χ2n) is 12.5. The molecule has 1 heterocycles. The van der Waals surface area contributed by atoms with Gasteiger partial charge in [-0.1, -0.05) is 48.6 Å². The van der Waals surface area contributed by atoms with Crippen LogP contribution in [-0.2, 0) is 4.74 Å². The Kier molecular flexibility index (Phi) is 14.8. The Morgan fingerprint density at radius 2 is 1.41 bits per heavy atom. The molecule has 0 spiro atoms.